The molecule has 1 N–H and O–H groups in total. The Labute approximate surface area is 113 Å². The summed E-state index contributed by atoms with van der Waals surface area (Å²) in [5.41, 5.74) is 0.457. The van der Waals surface area contributed by atoms with Gasteiger partial charge in [-0.25, -0.2) is 0 Å². The van der Waals surface area contributed by atoms with Crippen LogP contribution in [0.25, 0.3) is 0 Å². The van der Waals surface area contributed by atoms with Crippen LogP contribution in [-0.4, -0.2) is 30.8 Å². The SMILES string of the molecule is CCNC(C#N)(CSC1COC1)c1ccccc1. The van der Waals surface area contributed by atoms with Gasteiger partial charge in [0.1, 0.15) is 5.54 Å². The summed E-state index contributed by atoms with van der Waals surface area (Å²) in [6.45, 7) is 4.44. The largest absolute Gasteiger partial charge is 0.379 e. The van der Waals surface area contributed by atoms with Crippen molar-refractivity contribution in [2.45, 2.75) is 17.7 Å². The molecule has 1 atom stereocenters. The molecule has 18 heavy (non-hydrogen) atoms. The van der Waals surface area contributed by atoms with Gasteiger partial charge in [-0.2, -0.15) is 17.0 Å². The van der Waals surface area contributed by atoms with E-state index in [0.29, 0.717) is 5.25 Å². The van der Waals surface area contributed by atoms with Gasteiger partial charge in [0.15, 0.2) is 0 Å². The average Bonchev–Trinajstić information content (AvgIpc) is 2.37. The topological polar surface area (TPSA) is 45.0 Å². The van der Waals surface area contributed by atoms with Crippen LogP contribution in [0.5, 0.6) is 0 Å². The molecule has 1 heterocycles. The number of hydrogen-bond donors (Lipinski definition) is 1. The van der Waals surface area contributed by atoms with Gasteiger partial charge in [0.2, 0.25) is 0 Å². The second kappa shape index (κ2) is 6.24. The molecule has 0 spiro atoms. The standard InChI is InChI=1S/C14H18N2OS/c1-2-16-14(10-15,11-18-13-8-17-9-13)12-6-4-3-5-7-12/h3-7,13,16H,2,8-9,11H2,1H3. The lowest BCUT2D eigenvalue weighted by atomic mass is 9.93. The van der Waals surface area contributed by atoms with Crippen LogP contribution >= 0.6 is 11.8 Å². The highest BCUT2D eigenvalue weighted by atomic mass is 32.2. The van der Waals surface area contributed by atoms with E-state index in [0.717, 1.165) is 31.1 Å². The first-order chi connectivity index (χ1) is 8.80. The fraction of sp³-hybridized carbons (Fsp3) is 0.500. The van der Waals surface area contributed by atoms with Gasteiger partial charge >= 0.3 is 0 Å². The van der Waals surface area contributed by atoms with E-state index in [1.165, 1.54) is 0 Å². The molecular formula is C14H18N2OS. The molecule has 0 bridgehead atoms. The van der Waals surface area contributed by atoms with Crippen molar-refractivity contribution in [2.75, 3.05) is 25.5 Å². The molecule has 3 nitrogen and oxygen atoms in total. The molecule has 0 amide bonds. The monoisotopic (exact) mass is 262 g/mol. The van der Waals surface area contributed by atoms with Crippen molar-refractivity contribution >= 4 is 11.8 Å². The molecule has 1 aliphatic heterocycles. The maximum atomic E-state index is 9.61. The average molecular weight is 262 g/mol. The molecule has 2 rings (SSSR count). The van der Waals surface area contributed by atoms with Crippen molar-refractivity contribution < 1.29 is 4.74 Å². The van der Waals surface area contributed by atoms with Gasteiger partial charge in [0.05, 0.1) is 24.5 Å². The molecule has 1 aromatic carbocycles. The van der Waals surface area contributed by atoms with E-state index in [4.69, 9.17) is 4.74 Å². The zero-order valence-corrected chi connectivity index (χ0v) is 11.4. The Hall–Kier alpha value is -1.02. The van der Waals surface area contributed by atoms with E-state index in [1.54, 1.807) is 0 Å². The minimum atomic E-state index is -0.587. The predicted octanol–water partition coefficient (Wildman–Crippen LogP) is 2.15. The zero-order valence-electron chi connectivity index (χ0n) is 10.6. The van der Waals surface area contributed by atoms with Crippen LogP contribution in [0.1, 0.15) is 12.5 Å². The molecule has 1 fully saturated rings. The third kappa shape index (κ3) is 2.86. The third-order valence-corrected chi connectivity index (χ3v) is 4.42. The number of hydrogen-bond acceptors (Lipinski definition) is 4. The summed E-state index contributed by atoms with van der Waals surface area (Å²) in [6, 6.07) is 12.4. The number of ether oxygens (including phenoxy) is 1. The number of nitrogens with zero attached hydrogens (tertiary/aromatic N) is 1. The first kappa shape index (κ1) is 13.4. The summed E-state index contributed by atoms with van der Waals surface area (Å²) in [5, 5.41) is 13.5. The van der Waals surface area contributed by atoms with E-state index in [2.05, 4.69) is 11.4 Å². The molecular weight excluding hydrogens is 244 g/mol. The van der Waals surface area contributed by atoms with Crippen LogP contribution in [0.3, 0.4) is 0 Å². The van der Waals surface area contributed by atoms with Crippen LogP contribution in [0.4, 0.5) is 0 Å². The maximum Gasteiger partial charge on any atom is 0.141 e. The van der Waals surface area contributed by atoms with Crippen molar-refractivity contribution in [1.82, 2.24) is 5.32 Å². The second-order valence-corrected chi connectivity index (χ2v) is 5.67. The van der Waals surface area contributed by atoms with Crippen LogP contribution < -0.4 is 5.32 Å². The summed E-state index contributed by atoms with van der Waals surface area (Å²) < 4.78 is 5.18. The normalized spacial score (nSPS) is 18.7. The van der Waals surface area contributed by atoms with Crippen LogP contribution in [0.2, 0.25) is 0 Å². The third-order valence-electron chi connectivity index (χ3n) is 3.08. The van der Waals surface area contributed by atoms with Gasteiger partial charge in [-0.3, -0.25) is 5.32 Å². The minimum absolute atomic E-state index is 0.542. The maximum absolute atomic E-state index is 9.61. The molecule has 0 saturated carbocycles. The van der Waals surface area contributed by atoms with Crippen LogP contribution in [-0.2, 0) is 10.3 Å². The lowest BCUT2D eigenvalue weighted by Crippen LogP contribution is -2.45. The number of benzene rings is 1. The van der Waals surface area contributed by atoms with Gasteiger partial charge in [0.25, 0.3) is 0 Å². The van der Waals surface area contributed by atoms with E-state index in [1.807, 2.05) is 49.0 Å². The zero-order chi connectivity index (χ0) is 12.8. The summed E-state index contributed by atoms with van der Waals surface area (Å²) in [6.07, 6.45) is 0. The Bertz CT molecular complexity index is 414. The quantitative estimate of drug-likeness (QED) is 0.853. The predicted molar refractivity (Wildman–Crippen MR) is 74.5 cm³/mol. The van der Waals surface area contributed by atoms with Gasteiger partial charge in [0, 0.05) is 5.75 Å². The summed E-state index contributed by atoms with van der Waals surface area (Å²) in [5.74, 6) is 0.759. The van der Waals surface area contributed by atoms with Crippen LogP contribution in [0, 0.1) is 11.3 Å². The smallest absolute Gasteiger partial charge is 0.141 e. The Morgan fingerprint density at radius 2 is 2.17 bits per heavy atom. The number of rotatable bonds is 6. The van der Waals surface area contributed by atoms with Gasteiger partial charge in [-0.05, 0) is 12.1 Å². The second-order valence-electron chi connectivity index (χ2n) is 4.38. The van der Waals surface area contributed by atoms with Crippen molar-refractivity contribution in [3.63, 3.8) is 0 Å². The van der Waals surface area contributed by atoms with Gasteiger partial charge in [-0.1, -0.05) is 37.3 Å². The van der Waals surface area contributed by atoms with Crippen LogP contribution in [0.15, 0.2) is 30.3 Å². The Balaban J connectivity index is 2.13. The number of nitriles is 1. The van der Waals surface area contributed by atoms with E-state index < -0.39 is 5.54 Å². The highest BCUT2D eigenvalue weighted by molar-refractivity contribution is 8.00. The highest BCUT2D eigenvalue weighted by Gasteiger charge is 2.33. The molecule has 96 valence electrons. The fourth-order valence-corrected chi connectivity index (χ4v) is 3.15. The first-order valence-corrected chi connectivity index (χ1v) is 7.27. The van der Waals surface area contributed by atoms with E-state index in [-0.39, 0.29) is 0 Å². The van der Waals surface area contributed by atoms with Gasteiger partial charge < -0.3 is 4.74 Å². The molecule has 0 aliphatic carbocycles. The minimum Gasteiger partial charge on any atom is -0.379 e. The number of nitrogens with one attached hydrogen (secondary N) is 1. The molecule has 1 aliphatic rings. The van der Waals surface area contributed by atoms with E-state index in [9.17, 15) is 5.26 Å². The fourth-order valence-electron chi connectivity index (χ4n) is 1.95. The molecule has 4 heteroatoms. The molecule has 1 aromatic rings. The molecule has 0 aromatic heterocycles. The number of thioether (sulfide) groups is 1. The lowest BCUT2D eigenvalue weighted by molar-refractivity contribution is 0.0454. The molecule has 1 saturated heterocycles. The van der Waals surface area contributed by atoms with Crippen molar-refractivity contribution in [3.8, 4) is 6.07 Å². The molecule has 0 radical (unpaired) electrons. The van der Waals surface area contributed by atoms with Crippen molar-refractivity contribution in [3.05, 3.63) is 35.9 Å². The highest BCUT2D eigenvalue weighted by Crippen LogP contribution is 2.29. The Morgan fingerprint density at radius 3 is 2.67 bits per heavy atom. The van der Waals surface area contributed by atoms with Crippen molar-refractivity contribution in [1.29, 1.82) is 5.26 Å². The Kier molecular flexibility index (Phi) is 4.65. The summed E-state index contributed by atoms with van der Waals surface area (Å²) in [7, 11) is 0. The molecule has 1 unspecified atom stereocenters. The summed E-state index contributed by atoms with van der Waals surface area (Å²) in [4.78, 5) is 0. The lowest BCUT2D eigenvalue weighted by Gasteiger charge is -2.32. The van der Waals surface area contributed by atoms with E-state index >= 15 is 0 Å². The van der Waals surface area contributed by atoms with Gasteiger partial charge in [-0.15, -0.1) is 0 Å². The first-order valence-electron chi connectivity index (χ1n) is 6.22. The van der Waals surface area contributed by atoms with Crippen molar-refractivity contribution in [2.24, 2.45) is 0 Å². The Morgan fingerprint density at radius 1 is 1.44 bits per heavy atom. The summed E-state index contributed by atoms with van der Waals surface area (Å²) >= 11 is 1.82.